The third-order valence-corrected chi connectivity index (χ3v) is 2.69. The Morgan fingerprint density at radius 3 is 2.88 bits per heavy atom. The van der Waals surface area contributed by atoms with Gasteiger partial charge in [-0.1, -0.05) is 11.6 Å². The first-order valence-corrected chi connectivity index (χ1v) is 5.61. The van der Waals surface area contributed by atoms with Crippen LogP contribution in [0.25, 0.3) is 0 Å². The summed E-state index contributed by atoms with van der Waals surface area (Å²) in [6.07, 6.45) is 0.958. The summed E-state index contributed by atoms with van der Waals surface area (Å²) in [6.45, 7) is 1.73. The van der Waals surface area contributed by atoms with Crippen LogP contribution in [0.4, 0.5) is 5.69 Å². The normalized spacial score (nSPS) is 11.4. The quantitative estimate of drug-likeness (QED) is 0.639. The van der Waals surface area contributed by atoms with Gasteiger partial charge in [0.1, 0.15) is 0 Å². The molecule has 17 heavy (non-hydrogen) atoms. The van der Waals surface area contributed by atoms with Crippen LogP contribution < -0.4 is 5.73 Å². The molecule has 1 aromatic carbocycles. The zero-order chi connectivity index (χ0) is 12.8. The lowest BCUT2D eigenvalue weighted by Gasteiger charge is -2.14. The van der Waals surface area contributed by atoms with Gasteiger partial charge in [-0.2, -0.15) is 0 Å². The molecule has 1 rings (SSSR count). The average molecular weight is 252 g/mol. The number of aliphatic carboxylic acids is 1. The van der Waals surface area contributed by atoms with Gasteiger partial charge in [-0.25, -0.2) is 0 Å². The van der Waals surface area contributed by atoms with Gasteiger partial charge in [0.2, 0.25) is 0 Å². The lowest BCUT2D eigenvalue weighted by atomic mass is 9.93. The van der Waals surface area contributed by atoms with Crippen LogP contribution in [0.3, 0.4) is 0 Å². The Morgan fingerprint density at radius 2 is 2.29 bits per heavy atom. The van der Waals surface area contributed by atoms with E-state index in [9.17, 15) is 9.90 Å². The molecular formula is C13H14ClNO2. The fourth-order valence-corrected chi connectivity index (χ4v) is 1.78. The van der Waals surface area contributed by atoms with E-state index in [4.69, 9.17) is 17.3 Å². The lowest BCUT2D eigenvalue weighted by Crippen LogP contribution is -2.13. The molecule has 0 aromatic heterocycles. The minimum Gasteiger partial charge on any atom is -0.481 e. The van der Waals surface area contributed by atoms with Crippen molar-refractivity contribution < 1.29 is 9.90 Å². The average Bonchev–Trinajstić information content (AvgIpc) is 2.28. The van der Waals surface area contributed by atoms with E-state index < -0.39 is 11.9 Å². The summed E-state index contributed by atoms with van der Waals surface area (Å²) in [5, 5.41) is 9.68. The standard InChI is InChI=1S/C13H14ClNO2/c1-2-3-4-5-10(13(16)17)11-8-9(14)6-7-12(11)15/h6-8,10H,4-5,15H2,1H3,(H,16,17). The van der Waals surface area contributed by atoms with Gasteiger partial charge in [0, 0.05) is 17.1 Å². The van der Waals surface area contributed by atoms with Gasteiger partial charge in [0.25, 0.3) is 0 Å². The van der Waals surface area contributed by atoms with Crippen molar-refractivity contribution in [2.45, 2.75) is 25.7 Å². The number of halogens is 1. The number of carboxylic acid groups (broad SMARTS) is 1. The highest BCUT2D eigenvalue weighted by Gasteiger charge is 2.21. The Morgan fingerprint density at radius 1 is 1.59 bits per heavy atom. The first-order chi connectivity index (χ1) is 8.06. The van der Waals surface area contributed by atoms with E-state index in [1.807, 2.05) is 0 Å². The van der Waals surface area contributed by atoms with Gasteiger partial charge in [0.05, 0.1) is 5.92 Å². The number of carbonyl (C=O) groups is 1. The van der Waals surface area contributed by atoms with Gasteiger partial charge in [-0.15, -0.1) is 11.8 Å². The predicted octanol–water partition coefficient (Wildman–Crippen LogP) is 2.89. The van der Waals surface area contributed by atoms with Gasteiger partial charge >= 0.3 is 5.97 Å². The molecule has 0 spiro atoms. The van der Waals surface area contributed by atoms with E-state index >= 15 is 0 Å². The third kappa shape index (κ3) is 3.69. The van der Waals surface area contributed by atoms with E-state index in [2.05, 4.69) is 11.8 Å². The van der Waals surface area contributed by atoms with Crippen molar-refractivity contribution in [1.82, 2.24) is 0 Å². The van der Waals surface area contributed by atoms with Crippen LogP contribution in [0.2, 0.25) is 5.02 Å². The first kappa shape index (κ1) is 13.4. The molecule has 3 N–H and O–H groups in total. The van der Waals surface area contributed by atoms with E-state index in [0.717, 1.165) is 0 Å². The van der Waals surface area contributed by atoms with Gasteiger partial charge in [-0.3, -0.25) is 4.79 Å². The van der Waals surface area contributed by atoms with Crippen LogP contribution in [0, 0.1) is 11.8 Å². The van der Waals surface area contributed by atoms with Crippen LogP contribution in [-0.2, 0) is 4.79 Å². The smallest absolute Gasteiger partial charge is 0.311 e. The molecule has 1 unspecified atom stereocenters. The maximum Gasteiger partial charge on any atom is 0.311 e. The molecule has 4 heteroatoms. The zero-order valence-electron chi connectivity index (χ0n) is 9.53. The number of anilines is 1. The van der Waals surface area contributed by atoms with Crippen molar-refractivity contribution in [3.8, 4) is 11.8 Å². The summed E-state index contributed by atoms with van der Waals surface area (Å²) in [7, 11) is 0. The summed E-state index contributed by atoms with van der Waals surface area (Å²) in [6, 6.07) is 4.87. The molecule has 0 aliphatic rings. The maximum absolute atomic E-state index is 11.2. The third-order valence-electron chi connectivity index (χ3n) is 2.46. The van der Waals surface area contributed by atoms with E-state index in [1.54, 1.807) is 25.1 Å². The van der Waals surface area contributed by atoms with Crippen molar-refractivity contribution in [1.29, 1.82) is 0 Å². The number of carboxylic acids is 1. The Labute approximate surface area is 106 Å². The number of benzene rings is 1. The van der Waals surface area contributed by atoms with Crippen LogP contribution >= 0.6 is 11.6 Å². The van der Waals surface area contributed by atoms with Crippen LogP contribution in [-0.4, -0.2) is 11.1 Å². The summed E-state index contributed by atoms with van der Waals surface area (Å²) >= 11 is 5.85. The highest BCUT2D eigenvalue weighted by atomic mass is 35.5. The molecule has 0 amide bonds. The molecular weight excluding hydrogens is 238 g/mol. The second kappa shape index (κ2) is 6.17. The van der Waals surface area contributed by atoms with E-state index in [1.165, 1.54) is 0 Å². The molecule has 0 bridgehead atoms. The number of rotatable bonds is 4. The number of hydrogen-bond donors (Lipinski definition) is 2. The highest BCUT2D eigenvalue weighted by Crippen LogP contribution is 2.29. The fourth-order valence-electron chi connectivity index (χ4n) is 1.60. The SMILES string of the molecule is CC#CCCC(C(=O)O)c1cc(Cl)ccc1N. The molecule has 0 saturated carbocycles. The summed E-state index contributed by atoms with van der Waals surface area (Å²) in [5.41, 5.74) is 6.78. The number of nitrogens with two attached hydrogens (primary N) is 1. The fraction of sp³-hybridized carbons (Fsp3) is 0.308. The summed E-state index contributed by atoms with van der Waals surface area (Å²) in [4.78, 5) is 11.2. The largest absolute Gasteiger partial charge is 0.481 e. The predicted molar refractivity (Wildman–Crippen MR) is 68.9 cm³/mol. The van der Waals surface area contributed by atoms with Crippen molar-refractivity contribution in [2.75, 3.05) is 5.73 Å². The number of hydrogen-bond acceptors (Lipinski definition) is 2. The molecule has 0 radical (unpaired) electrons. The molecule has 0 fully saturated rings. The molecule has 0 saturated heterocycles. The van der Waals surface area contributed by atoms with Gasteiger partial charge in [-0.05, 0) is 37.1 Å². The summed E-state index contributed by atoms with van der Waals surface area (Å²) in [5.74, 6) is 4.03. The van der Waals surface area contributed by atoms with Crippen molar-refractivity contribution in [3.05, 3.63) is 28.8 Å². The highest BCUT2D eigenvalue weighted by molar-refractivity contribution is 6.30. The second-order valence-electron chi connectivity index (χ2n) is 3.63. The molecule has 1 aromatic rings. The van der Waals surface area contributed by atoms with E-state index in [-0.39, 0.29) is 0 Å². The Hall–Kier alpha value is -1.66. The minimum absolute atomic E-state index is 0.431. The van der Waals surface area contributed by atoms with Gasteiger partial charge in [0.15, 0.2) is 0 Å². The Balaban J connectivity index is 2.99. The van der Waals surface area contributed by atoms with Crippen LogP contribution in [0.5, 0.6) is 0 Å². The number of nitrogen functional groups attached to an aromatic ring is 1. The van der Waals surface area contributed by atoms with Gasteiger partial charge < -0.3 is 10.8 Å². The van der Waals surface area contributed by atoms with E-state index in [0.29, 0.717) is 29.1 Å². The van der Waals surface area contributed by atoms with Crippen LogP contribution in [0.15, 0.2) is 18.2 Å². The molecule has 0 aliphatic carbocycles. The first-order valence-electron chi connectivity index (χ1n) is 5.23. The molecule has 0 aliphatic heterocycles. The Kier molecular flexibility index (Phi) is 4.86. The van der Waals surface area contributed by atoms with Crippen LogP contribution in [0.1, 0.15) is 31.2 Å². The monoisotopic (exact) mass is 251 g/mol. The summed E-state index contributed by atoms with van der Waals surface area (Å²) < 4.78 is 0. The lowest BCUT2D eigenvalue weighted by molar-refractivity contribution is -0.138. The molecule has 3 nitrogen and oxygen atoms in total. The maximum atomic E-state index is 11.2. The Bertz CT molecular complexity index is 474. The molecule has 0 heterocycles. The topological polar surface area (TPSA) is 63.3 Å². The molecule has 90 valence electrons. The zero-order valence-corrected chi connectivity index (χ0v) is 10.3. The van der Waals surface area contributed by atoms with Crippen molar-refractivity contribution in [3.63, 3.8) is 0 Å². The minimum atomic E-state index is -0.906. The molecule has 1 atom stereocenters. The van der Waals surface area contributed by atoms with Crippen molar-refractivity contribution >= 4 is 23.3 Å². The van der Waals surface area contributed by atoms with Crippen molar-refractivity contribution in [2.24, 2.45) is 0 Å². The second-order valence-corrected chi connectivity index (χ2v) is 4.07.